The molecule has 3 saturated heterocycles. The van der Waals surface area contributed by atoms with E-state index in [0.717, 1.165) is 11.1 Å². The highest BCUT2D eigenvalue weighted by Crippen LogP contribution is 2.36. The van der Waals surface area contributed by atoms with Gasteiger partial charge in [0.25, 0.3) is 0 Å². The number of rotatable bonds is 7. The number of ether oxygens (including phenoxy) is 6. The molecular formula is C26H31ClO11. The highest BCUT2D eigenvalue weighted by Gasteiger charge is 2.53. The molecule has 1 unspecified atom stereocenters. The Morgan fingerprint density at radius 3 is 2.24 bits per heavy atom. The molecule has 2 aromatic rings. The first kappa shape index (κ1) is 27.8. The van der Waals surface area contributed by atoms with Crippen LogP contribution in [0.5, 0.6) is 0 Å². The van der Waals surface area contributed by atoms with Crippen LogP contribution in [-0.2, 0) is 35.0 Å². The summed E-state index contributed by atoms with van der Waals surface area (Å²) >= 11 is 5.89. The minimum absolute atomic E-state index is 0.0459. The maximum atomic E-state index is 10.8. The highest BCUT2D eigenvalue weighted by molar-refractivity contribution is 6.30. The first-order chi connectivity index (χ1) is 18.4. The molecule has 208 valence electrons. The number of aliphatic hydroxyl groups excluding tert-OH is 5. The Hall–Kier alpha value is -1.71. The van der Waals surface area contributed by atoms with Crippen molar-refractivity contribution in [2.24, 2.45) is 0 Å². The topological polar surface area (TPSA) is 157 Å². The van der Waals surface area contributed by atoms with Crippen LogP contribution in [0.4, 0.5) is 0 Å². The van der Waals surface area contributed by atoms with E-state index in [2.05, 4.69) is 0 Å². The molecule has 12 heteroatoms. The smallest absolute Gasteiger partial charge is 0.187 e. The minimum Gasteiger partial charge on any atom is -0.394 e. The van der Waals surface area contributed by atoms with Crippen LogP contribution in [0, 0.1) is 0 Å². The molecule has 11 nitrogen and oxygen atoms in total. The lowest BCUT2D eigenvalue weighted by molar-refractivity contribution is -0.386. The number of benzene rings is 2. The SMILES string of the molecule is OC[C@H]1O[C@@H](OCc2ccc(Cl)cc2)[C@H](O)[C@@H](O)[C@@H]1O[C@H]1O[C@@H]2COC(c3ccccc3)O[C@H]2[C@H](O)[C@H]1O. The van der Waals surface area contributed by atoms with Gasteiger partial charge in [0.1, 0.15) is 48.8 Å². The number of halogens is 1. The van der Waals surface area contributed by atoms with Crippen molar-refractivity contribution in [3.05, 3.63) is 70.7 Å². The van der Waals surface area contributed by atoms with E-state index in [1.165, 1.54) is 0 Å². The van der Waals surface area contributed by atoms with Crippen molar-refractivity contribution in [2.45, 2.75) is 74.3 Å². The van der Waals surface area contributed by atoms with Gasteiger partial charge >= 0.3 is 0 Å². The Morgan fingerprint density at radius 2 is 1.53 bits per heavy atom. The van der Waals surface area contributed by atoms with Gasteiger partial charge in [-0.15, -0.1) is 0 Å². The van der Waals surface area contributed by atoms with Crippen molar-refractivity contribution >= 4 is 11.6 Å². The van der Waals surface area contributed by atoms with Gasteiger partial charge in [-0.3, -0.25) is 0 Å². The van der Waals surface area contributed by atoms with E-state index in [-0.39, 0.29) is 13.2 Å². The maximum Gasteiger partial charge on any atom is 0.187 e. The van der Waals surface area contributed by atoms with E-state index in [1.807, 2.05) is 30.3 Å². The van der Waals surface area contributed by atoms with Crippen LogP contribution in [0.1, 0.15) is 17.4 Å². The van der Waals surface area contributed by atoms with Crippen LogP contribution in [0.25, 0.3) is 0 Å². The van der Waals surface area contributed by atoms with E-state index in [9.17, 15) is 25.5 Å². The molecule has 5 N–H and O–H groups in total. The average Bonchev–Trinajstić information content (AvgIpc) is 2.94. The molecule has 0 amide bonds. The van der Waals surface area contributed by atoms with Crippen LogP contribution < -0.4 is 0 Å². The third kappa shape index (κ3) is 5.89. The summed E-state index contributed by atoms with van der Waals surface area (Å²) in [5, 5.41) is 53.5. The van der Waals surface area contributed by atoms with Crippen molar-refractivity contribution in [2.75, 3.05) is 13.2 Å². The Morgan fingerprint density at radius 1 is 0.816 bits per heavy atom. The number of aliphatic hydroxyl groups is 5. The van der Waals surface area contributed by atoms with Crippen molar-refractivity contribution < 1.29 is 54.0 Å². The quantitative estimate of drug-likeness (QED) is 0.319. The van der Waals surface area contributed by atoms with E-state index >= 15 is 0 Å². The van der Waals surface area contributed by atoms with Crippen molar-refractivity contribution in [3.8, 4) is 0 Å². The van der Waals surface area contributed by atoms with E-state index < -0.39 is 74.3 Å². The Labute approximate surface area is 224 Å². The van der Waals surface area contributed by atoms with Crippen molar-refractivity contribution in [1.82, 2.24) is 0 Å². The normalized spacial score (nSPS) is 39.5. The standard InChI is InChI=1S/C26H31ClO11/c27-15-8-6-13(7-9-15)11-33-25-20(31)18(29)22(16(10-28)35-25)38-26-21(32)19(30)23-17(36-26)12-34-24(37-23)14-4-2-1-3-5-14/h1-9,16-26,28-32H,10-12H2/t16-,17-,18-,19-,20-,21-,22-,23-,24?,25-,26-/m1/s1. The zero-order chi connectivity index (χ0) is 26.8. The Bertz CT molecular complexity index is 1020. The molecule has 2 aromatic carbocycles. The van der Waals surface area contributed by atoms with Gasteiger partial charge < -0.3 is 54.0 Å². The van der Waals surface area contributed by atoms with Gasteiger partial charge in [-0.25, -0.2) is 0 Å². The molecule has 0 spiro atoms. The molecule has 11 atom stereocenters. The second-order valence-corrected chi connectivity index (χ2v) is 9.88. The summed E-state index contributed by atoms with van der Waals surface area (Å²) in [5.41, 5.74) is 1.51. The van der Waals surface area contributed by atoms with Crippen LogP contribution in [-0.4, -0.2) is 100 Å². The van der Waals surface area contributed by atoms with E-state index in [4.69, 9.17) is 40.0 Å². The molecule has 3 aliphatic rings. The molecular weight excluding hydrogens is 524 g/mol. The molecule has 5 rings (SSSR count). The molecule has 0 aromatic heterocycles. The summed E-state index contributed by atoms with van der Waals surface area (Å²) in [6.45, 7) is -0.485. The molecule has 3 aliphatic heterocycles. The number of fused-ring (bicyclic) bond motifs is 1. The summed E-state index contributed by atoms with van der Waals surface area (Å²) in [6, 6.07) is 16.0. The van der Waals surface area contributed by atoms with Gasteiger partial charge in [0.2, 0.25) is 0 Å². The molecule has 0 radical (unpaired) electrons. The van der Waals surface area contributed by atoms with Crippen LogP contribution in [0.2, 0.25) is 5.02 Å². The monoisotopic (exact) mass is 554 g/mol. The van der Waals surface area contributed by atoms with Gasteiger partial charge in [-0.05, 0) is 17.7 Å². The summed E-state index contributed by atoms with van der Waals surface area (Å²) in [6.07, 6.45) is -13.6. The van der Waals surface area contributed by atoms with Crippen LogP contribution in [0.15, 0.2) is 54.6 Å². The summed E-state index contributed by atoms with van der Waals surface area (Å²) in [5.74, 6) is 0. The third-order valence-electron chi connectivity index (χ3n) is 6.84. The first-order valence-corrected chi connectivity index (χ1v) is 12.7. The van der Waals surface area contributed by atoms with Crippen LogP contribution >= 0.6 is 11.6 Å². The molecule has 38 heavy (non-hydrogen) atoms. The third-order valence-corrected chi connectivity index (χ3v) is 7.10. The largest absolute Gasteiger partial charge is 0.394 e. The van der Waals surface area contributed by atoms with Crippen molar-refractivity contribution in [3.63, 3.8) is 0 Å². The maximum absolute atomic E-state index is 10.8. The summed E-state index contributed by atoms with van der Waals surface area (Å²) < 4.78 is 34.5. The van der Waals surface area contributed by atoms with Crippen molar-refractivity contribution in [1.29, 1.82) is 0 Å². The molecule has 3 heterocycles. The minimum atomic E-state index is -1.57. The van der Waals surface area contributed by atoms with Gasteiger partial charge in [-0.2, -0.15) is 0 Å². The Balaban J connectivity index is 1.21. The van der Waals surface area contributed by atoms with E-state index in [1.54, 1.807) is 24.3 Å². The van der Waals surface area contributed by atoms with Gasteiger partial charge in [0.15, 0.2) is 18.9 Å². The molecule has 0 aliphatic carbocycles. The van der Waals surface area contributed by atoms with Gasteiger partial charge in [0.05, 0.1) is 19.8 Å². The zero-order valence-corrected chi connectivity index (χ0v) is 21.0. The fraction of sp³-hybridized carbons (Fsp3) is 0.538. The highest BCUT2D eigenvalue weighted by atomic mass is 35.5. The predicted octanol–water partition coefficient (Wildman–Crippen LogP) is 0.242. The second kappa shape index (κ2) is 12.2. The van der Waals surface area contributed by atoms with Crippen LogP contribution in [0.3, 0.4) is 0 Å². The summed E-state index contributed by atoms with van der Waals surface area (Å²) in [7, 11) is 0. The lowest BCUT2D eigenvalue weighted by Crippen LogP contribution is -2.65. The lowest BCUT2D eigenvalue weighted by atomic mass is 9.96. The molecule has 0 saturated carbocycles. The second-order valence-electron chi connectivity index (χ2n) is 9.45. The average molecular weight is 555 g/mol. The number of hydrogen-bond acceptors (Lipinski definition) is 11. The summed E-state index contributed by atoms with van der Waals surface area (Å²) in [4.78, 5) is 0. The Kier molecular flexibility index (Phi) is 8.95. The van der Waals surface area contributed by atoms with E-state index in [0.29, 0.717) is 5.02 Å². The van der Waals surface area contributed by atoms with Gasteiger partial charge in [0, 0.05) is 10.6 Å². The fourth-order valence-electron chi connectivity index (χ4n) is 4.74. The predicted molar refractivity (Wildman–Crippen MR) is 130 cm³/mol. The van der Waals surface area contributed by atoms with Gasteiger partial charge in [-0.1, -0.05) is 54.1 Å². The first-order valence-electron chi connectivity index (χ1n) is 12.3. The lowest BCUT2D eigenvalue weighted by Gasteiger charge is -2.48. The zero-order valence-electron chi connectivity index (χ0n) is 20.2. The number of hydrogen-bond donors (Lipinski definition) is 5. The molecule has 3 fully saturated rings. The fourth-order valence-corrected chi connectivity index (χ4v) is 4.87. The molecule has 0 bridgehead atoms.